The summed E-state index contributed by atoms with van der Waals surface area (Å²) < 4.78 is 5.37. The van der Waals surface area contributed by atoms with Crippen molar-refractivity contribution in [3.8, 4) is 5.75 Å². The molecule has 1 heterocycles. The average Bonchev–Trinajstić information content (AvgIpc) is 2.41. The second kappa shape index (κ2) is 6.12. The van der Waals surface area contributed by atoms with Gasteiger partial charge in [0.05, 0.1) is 0 Å². The van der Waals surface area contributed by atoms with Crippen LogP contribution < -0.4 is 5.63 Å². The summed E-state index contributed by atoms with van der Waals surface area (Å²) in [5.74, 6) is 0.211. The van der Waals surface area contributed by atoms with E-state index in [0.717, 1.165) is 54.2 Å². The molecule has 0 radical (unpaired) electrons. The van der Waals surface area contributed by atoms with Crippen molar-refractivity contribution >= 4 is 11.0 Å². The van der Waals surface area contributed by atoms with Gasteiger partial charge in [0.2, 0.25) is 0 Å². The van der Waals surface area contributed by atoms with Crippen LogP contribution in [0.2, 0.25) is 0 Å². The minimum Gasteiger partial charge on any atom is -0.508 e. The Hall–Kier alpha value is -1.77. The maximum absolute atomic E-state index is 12.0. The fourth-order valence-electron chi connectivity index (χ4n) is 2.58. The Morgan fingerprint density at radius 3 is 2.55 bits per heavy atom. The van der Waals surface area contributed by atoms with E-state index in [0.29, 0.717) is 5.58 Å². The Morgan fingerprint density at radius 2 is 1.90 bits per heavy atom. The number of fused-ring (bicyclic) bond motifs is 1. The predicted molar refractivity (Wildman–Crippen MR) is 81.5 cm³/mol. The molecule has 1 N–H and O–H groups in total. The Kier molecular flexibility index (Phi) is 4.48. The van der Waals surface area contributed by atoms with E-state index in [2.05, 4.69) is 13.8 Å². The third-order valence-electron chi connectivity index (χ3n) is 3.79. The van der Waals surface area contributed by atoms with Gasteiger partial charge in [0.25, 0.3) is 0 Å². The minimum absolute atomic E-state index is 0.211. The van der Waals surface area contributed by atoms with Crippen molar-refractivity contribution in [3.05, 3.63) is 39.2 Å². The van der Waals surface area contributed by atoms with Crippen LogP contribution in [0.15, 0.2) is 21.3 Å². The maximum atomic E-state index is 12.0. The van der Waals surface area contributed by atoms with E-state index >= 15 is 0 Å². The molecule has 0 atom stereocenters. The summed E-state index contributed by atoms with van der Waals surface area (Å²) in [7, 11) is 0. The van der Waals surface area contributed by atoms with Crippen LogP contribution in [0.5, 0.6) is 5.75 Å². The van der Waals surface area contributed by atoms with E-state index in [1.165, 1.54) is 0 Å². The molecule has 1 aromatic heterocycles. The van der Waals surface area contributed by atoms with Gasteiger partial charge in [0.1, 0.15) is 11.3 Å². The molecule has 3 nitrogen and oxygen atoms in total. The number of unbranched alkanes of at least 4 members (excludes halogenated alkanes) is 1. The van der Waals surface area contributed by atoms with Crippen LogP contribution in [0.3, 0.4) is 0 Å². The predicted octanol–water partition coefficient (Wildman–Crippen LogP) is 4.10. The van der Waals surface area contributed by atoms with Crippen LogP contribution >= 0.6 is 0 Å². The van der Waals surface area contributed by atoms with Crippen LogP contribution in [0, 0.1) is 6.92 Å². The summed E-state index contributed by atoms with van der Waals surface area (Å²) in [4.78, 5) is 12.0. The van der Waals surface area contributed by atoms with Gasteiger partial charge in [-0.2, -0.15) is 0 Å². The summed E-state index contributed by atoms with van der Waals surface area (Å²) in [5.41, 5.74) is 2.88. The molecule has 3 heteroatoms. The van der Waals surface area contributed by atoms with Gasteiger partial charge in [-0.25, -0.2) is 4.79 Å². The molecule has 20 heavy (non-hydrogen) atoms. The van der Waals surface area contributed by atoms with Gasteiger partial charge in [-0.05, 0) is 43.4 Å². The smallest absolute Gasteiger partial charge is 0.339 e. The minimum atomic E-state index is -0.272. The highest BCUT2D eigenvalue weighted by molar-refractivity contribution is 5.83. The summed E-state index contributed by atoms with van der Waals surface area (Å²) in [5, 5.41) is 10.9. The quantitative estimate of drug-likeness (QED) is 0.835. The molecule has 2 aromatic rings. The number of rotatable bonds is 5. The van der Waals surface area contributed by atoms with E-state index < -0.39 is 0 Å². The normalized spacial score (nSPS) is 11.2. The van der Waals surface area contributed by atoms with Gasteiger partial charge >= 0.3 is 5.63 Å². The first-order chi connectivity index (χ1) is 9.58. The molecule has 0 aliphatic rings. The van der Waals surface area contributed by atoms with E-state index in [1.807, 2.05) is 13.0 Å². The molecule has 0 fully saturated rings. The van der Waals surface area contributed by atoms with Crippen molar-refractivity contribution in [1.29, 1.82) is 0 Å². The second-order valence-corrected chi connectivity index (χ2v) is 5.32. The van der Waals surface area contributed by atoms with Crippen molar-refractivity contribution in [3.63, 3.8) is 0 Å². The van der Waals surface area contributed by atoms with Crippen LogP contribution in [-0.2, 0) is 12.8 Å². The number of aryl methyl sites for hydroxylation is 2. The number of phenolic OH excluding ortho intramolecular Hbond substituents is 1. The molecule has 0 amide bonds. The van der Waals surface area contributed by atoms with E-state index in [9.17, 15) is 9.90 Å². The lowest BCUT2D eigenvalue weighted by molar-refractivity contribution is 0.465. The monoisotopic (exact) mass is 274 g/mol. The fourth-order valence-corrected chi connectivity index (χ4v) is 2.58. The number of benzene rings is 1. The molecule has 0 unspecified atom stereocenters. The first-order valence-electron chi connectivity index (χ1n) is 7.36. The molecule has 2 rings (SSSR count). The van der Waals surface area contributed by atoms with Crippen LogP contribution in [0.1, 0.15) is 49.8 Å². The largest absolute Gasteiger partial charge is 0.508 e. The van der Waals surface area contributed by atoms with E-state index in [-0.39, 0.29) is 11.4 Å². The molecule has 0 saturated heterocycles. The first kappa shape index (κ1) is 14.6. The maximum Gasteiger partial charge on any atom is 0.339 e. The molecule has 1 aromatic carbocycles. The lowest BCUT2D eigenvalue weighted by atomic mass is 9.99. The van der Waals surface area contributed by atoms with Crippen LogP contribution in [-0.4, -0.2) is 5.11 Å². The zero-order valence-electron chi connectivity index (χ0n) is 12.5. The van der Waals surface area contributed by atoms with Crippen molar-refractivity contribution < 1.29 is 9.52 Å². The number of aromatic hydroxyl groups is 1. The average molecular weight is 274 g/mol. The van der Waals surface area contributed by atoms with Crippen molar-refractivity contribution in [2.75, 3.05) is 0 Å². The van der Waals surface area contributed by atoms with Gasteiger partial charge in [-0.1, -0.05) is 26.7 Å². The molecule has 108 valence electrons. The molecule has 0 bridgehead atoms. The summed E-state index contributed by atoms with van der Waals surface area (Å²) in [6.07, 6.45) is 4.58. The lowest BCUT2D eigenvalue weighted by Gasteiger charge is -2.10. The zero-order valence-corrected chi connectivity index (χ0v) is 12.5. The Morgan fingerprint density at radius 1 is 1.15 bits per heavy atom. The van der Waals surface area contributed by atoms with Gasteiger partial charge < -0.3 is 9.52 Å². The molecular weight excluding hydrogens is 252 g/mol. The summed E-state index contributed by atoms with van der Waals surface area (Å²) in [6.45, 7) is 6.15. The molecule has 0 saturated carbocycles. The van der Waals surface area contributed by atoms with Crippen LogP contribution in [0.25, 0.3) is 11.0 Å². The Labute approximate surface area is 119 Å². The molecule has 0 spiro atoms. The Balaban J connectivity index is 2.63. The van der Waals surface area contributed by atoms with Gasteiger partial charge in [0.15, 0.2) is 0 Å². The van der Waals surface area contributed by atoms with Gasteiger partial charge in [0, 0.05) is 17.0 Å². The van der Waals surface area contributed by atoms with E-state index in [4.69, 9.17) is 4.42 Å². The summed E-state index contributed by atoms with van der Waals surface area (Å²) in [6, 6.07) is 3.53. The highest BCUT2D eigenvalue weighted by atomic mass is 16.4. The number of phenols is 1. The van der Waals surface area contributed by atoms with E-state index in [1.54, 1.807) is 6.07 Å². The third kappa shape index (κ3) is 2.72. The molecule has 0 aliphatic heterocycles. The zero-order chi connectivity index (χ0) is 14.7. The van der Waals surface area contributed by atoms with Gasteiger partial charge in [-0.15, -0.1) is 0 Å². The second-order valence-electron chi connectivity index (χ2n) is 5.32. The highest BCUT2D eigenvalue weighted by Crippen LogP contribution is 2.28. The molecule has 0 aliphatic carbocycles. The third-order valence-corrected chi connectivity index (χ3v) is 3.79. The topological polar surface area (TPSA) is 50.4 Å². The SMILES string of the molecule is CCCCc1c(C)c2cc(CCC)c(O)cc2oc1=O. The van der Waals surface area contributed by atoms with Gasteiger partial charge in [-0.3, -0.25) is 0 Å². The number of hydrogen-bond donors (Lipinski definition) is 1. The Bertz CT molecular complexity index is 668. The highest BCUT2D eigenvalue weighted by Gasteiger charge is 2.13. The van der Waals surface area contributed by atoms with Crippen molar-refractivity contribution in [2.24, 2.45) is 0 Å². The first-order valence-corrected chi connectivity index (χ1v) is 7.36. The number of hydrogen-bond acceptors (Lipinski definition) is 3. The summed E-state index contributed by atoms with van der Waals surface area (Å²) >= 11 is 0. The van der Waals surface area contributed by atoms with Crippen molar-refractivity contribution in [1.82, 2.24) is 0 Å². The van der Waals surface area contributed by atoms with Crippen LogP contribution in [0.4, 0.5) is 0 Å². The fraction of sp³-hybridized carbons (Fsp3) is 0.471. The van der Waals surface area contributed by atoms with Crippen molar-refractivity contribution in [2.45, 2.75) is 52.9 Å². The lowest BCUT2D eigenvalue weighted by Crippen LogP contribution is -2.10. The molecular formula is C17H22O3. The standard InChI is InChI=1S/C17H22O3/c1-4-6-8-13-11(3)14-9-12(7-5-2)15(18)10-16(14)20-17(13)19/h9-10,18H,4-8H2,1-3H3.